The fourth-order valence-corrected chi connectivity index (χ4v) is 2.68. The number of hydrogen-bond acceptors (Lipinski definition) is 3. The quantitative estimate of drug-likeness (QED) is 0.867. The summed E-state index contributed by atoms with van der Waals surface area (Å²) in [6, 6.07) is 8.56. The summed E-state index contributed by atoms with van der Waals surface area (Å²) in [7, 11) is 0. The molecule has 1 aliphatic heterocycles. The van der Waals surface area contributed by atoms with Crippen LogP contribution in [0.1, 0.15) is 37.4 Å². The highest BCUT2D eigenvalue weighted by Gasteiger charge is 2.15. The maximum absolute atomic E-state index is 12.2. The highest BCUT2D eigenvalue weighted by atomic mass is 16.2. The molecule has 21 heavy (non-hydrogen) atoms. The summed E-state index contributed by atoms with van der Waals surface area (Å²) >= 11 is 0. The van der Waals surface area contributed by atoms with Gasteiger partial charge in [-0.25, -0.2) is 0 Å². The molecule has 0 aromatic heterocycles. The van der Waals surface area contributed by atoms with Crippen molar-refractivity contribution in [1.29, 1.82) is 0 Å². The fraction of sp³-hybridized carbons (Fsp3) is 0.588. The van der Waals surface area contributed by atoms with Crippen molar-refractivity contribution in [3.8, 4) is 0 Å². The lowest BCUT2D eigenvalue weighted by atomic mass is 10.1. The highest BCUT2D eigenvalue weighted by molar-refractivity contribution is 5.78. The van der Waals surface area contributed by atoms with Gasteiger partial charge in [-0.1, -0.05) is 31.2 Å². The lowest BCUT2D eigenvalue weighted by Gasteiger charge is -2.21. The topological polar surface area (TPSA) is 44.4 Å². The van der Waals surface area contributed by atoms with E-state index in [1.165, 1.54) is 5.56 Å². The van der Waals surface area contributed by atoms with Crippen molar-refractivity contribution >= 4 is 5.91 Å². The van der Waals surface area contributed by atoms with Crippen LogP contribution in [0, 0.1) is 0 Å². The van der Waals surface area contributed by atoms with E-state index >= 15 is 0 Å². The van der Waals surface area contributed by atoms with Crippen LogP contribution in [0.3, 0.4) is 0 Å². The number of nitrogens with zero attached hydrogens (tertiary/aromatic N) is 1. The zero-order chi connectivity index (χ0) is 15.1. The van der Waals surface area contributed by atoms with Crippen molar-refractivity contribution in [1.82, 2.24) is 15.5 Å². The van der Waals surface area contributed by atoms with Gasteiger partial charge in [-0.3, -0.25) is 9.69 Å². The fourth-order valence-electron chi connectivity index (χ4n) is 2.68. The van der Waals surface area contributed by atoms with Gasteiger partial charge in [0, 0.05) is 13.1 Å². The second kappa shape index (κ2) is 8.15. The van der Waals surface area contributed by atoms with Gasteiger partial charge in [0.25, 0.3) is 0 Å². The van der Waals surface area contributed by atoms with Crippen LogP contribution >= 0.6 is 0 Å². The molecule has 4 nitrogen and oxygen atoms in total. The van der Waals surface area contributed by atoms with E-state index in [1.807, 2.05) is 6.92 Å². The minimum absolute atomic E-state index is 0.0634. The Balaban J connectivity index is 1.82. The molecule has 1 aromatic carbocycles. The standard InChI is InChI=1S/C17H27N3O/c1-3-15-5-7-16(8-6-15)14(2)19-17(21)13-20-11-4-9-18-10-12-20/h5-8,14,18H,3-4,9-13H2,1-2H3,(H,19,21). The van der Waals surface area contributed by atoms with E-state index in [-0.39, 0.29) is 11.9 Å². The molecular weight excluding hydrogens is 262 g/mol. The van der Waals surface area contributed by atoms with E-state index in [1.54, 1.807) is 0 Å². The van der Waals surface area contributed by atoms with Crippen LogP contribution in [0.15, 0.2) is 24.3 Å². The second-order valence-electron chi connectivity index (χ2n) is 5.76. The molecule has 0 radical (unpaired) electrons. The first-order valence-corrected chi connectivity index (χ1v) is 8.00. The van der Waals surface area contributed by atoms with Crippen molar-refractivity contribution in [2.24, 2.45) is 0 Å². The van der Waals surface area contributed by atoms with Crippen LogP contribution in [-0.2, 0) is 11.2 Å². The SMILES string of the molecule is CCc1ccc(C(C)NC(=O)CN2CCCNCC2)cc1. The molecule has 2 N–H and O–H groups in total. The monoisotopic (exact) mass is 289 g/mol. The number of amides is 1. The number of carbonyl (C=O) groups is 1. The molecule has 0 saturated carbocycles. The average molecular weight is 289 g/mol. The molecule has 1 heterocycles. The minimum Gasteiger partial charge on any atom is -0.348 e. The molecule has 0 spiro atoms. The summed E-state index contributed by atoms with van der Waals surface area (Å²) in [5.41, 5.74) is 2.49. The van der Waals surface area contributed by atoms with Gasteiger partial charge in [-0.2, -0.15) is 0 Å². The molecule has 1 amide bonds. The van der Waals surface area contributed by atoms with E-state index < -0.39 is 0 Å². The Labute approximate surface area is 127 Å². The third-order valence-electron chi connectivity index (χ3n) is 4.07. The van der Waals surface area contributed by atoms with E-state index in [4.69, 9.17) is 0 Å². The Bertz CT molecular complexity index is 436. The first-order valence-electron chi connectivity index (χ1n) is 8.00. The molecule has 1 fully saturated rings. The highest BCUT2D eigenvalue weighted by Crippen LogP contribution is 2.13. The smallest absolute Gasteiger partial charge is 0.234 e. The maximum atomic E-state index is 12.2. The normalized spacial score (nSPS) is 18.0. The Morgan fingerprint density at radius 1 is 1.29 bits per heavy atom. The van der Waals surface area contributed by atoms with Crippen molar-refractivity contribution in [2.45, 2.75) is 32.7 Å². The molecule has 0 aliphatic carbocycles. The van der Waals surface area contributed by atoms with Gasteiger partial charge in [-0.15, -0.1) is 0 Å². The second-order valence-corrected chi connectivity index (χ2v) is 5.76. The Hall–Kier alpha value is -1.39. The summed E-state index contributed by atoms with van der Waals surface area (Å²) < 4.78 is 0. The number of nitrogens with one attached hydrogen (secondary N) is 2. The van der Waals surface area contributed by atoms with Crippen LogP contribution in [-0.4, -0.2) is 43.5 Å². The summed E-state index contributed by atoms with van der Waals surface area (Å²) in [6.07, 6.45) is 2.16. The van der Waals surface area contributed by atoms with Crippen LogP contribution in [0.4, 0.5) is 0 Å². The molecule has 1 aromatic rings. The lowest BCUT2D eigenvalue weighted by Crippen LogP contribution is -2.39. The number of aryl methyl sites for hydroxylation is 1. The summed E-state index contributed by atoms with van der Waals surface area (Å²) in [5.74, 6) is 0.115. The molecule has 4 heteroatoms. The Morgan fingerprint density at radius 2 is 2.05 bits per heavy atom. The van der Waals surface area contributed by atoms with Crippen molar-refractivity contribution < 1.29 is 4.79 Å². The Kier molecular flexibility index (Phi) is 6.21. The zero-order valence-electron chi connectivity index (χ0n) is 13.2. The van der Waals surface area contributed by atoms with E-state index in [0.717, 1.165) is 44.6 Å². The maximum Gasteiger partial charge on any atom is 0.234 e. The van der Waals surface area contributed by atoms with Gasteiger partial charge in [0.2, 0.25) is 5.91 Å². The summed E-state index contributed by atoms with van der Waals surface area (Å²) in [6.45, 7) is 8.67. The molecule has 2 rings (SSSR count). The van der Waals surface area contributed by atoms with Gasteiger partial charge >= 0.3 is 0 Å². The number of carbonyl (C=O) groups excluding carboxylic acids is 1. The number of hydrogen-bond donors (Lipinski definition) is 2. The van der Waals surface area contributed by atoms with Gasteiger partial charge in [0.05, 0.1) is 12.6 Å². The first-order chi connectivity index (χ1) is 10.2. The predicted molar refractivity (Wildman–Crippen MR) is 86.3 cm³/mol. The van der Waals surface area contributed by atoms with Gasteiger partial charge in [-0.05, 0) is 44.0 Å². The van der Waals surface area contributed by atoms with Gasteiger partial charge < -0.3 is 10.6 Å². The van der Waals surface area contributed by atoms with Crippen LogP contribution in [0.25, 0.3) is 0 Å². The molecular formula is C17H27N3O. The van der Waals surface area contributed by atoms with E-state index in [0.29, 0.717) is 6.54 Å². The van der Waals surface area contributed by atoms with Crippen molar-refractivity contribution in [3.05, 3.63) is 35.4 Å². The van der Waals surface area contributed by atoms with Crippen LogP contribution in [0.5, 0.6) is 0 Å². The first kappa shape index (κ1) is 16.0. The van der Waals surface area contributed by atoms with Crippen molar-refractivity contribution in [3.63, 3.8) is 0 Å². The van der Waals surface area contributed by atoms with E-state index in [9.17, 15) is 4.79 Å². The molecule has 116 valence electrons. The van der Waals surface area contributed by atoms with Crippen LogP contribution in [0.2, 0.25) is 0 Å². The molecule has 0 bridgehead atoms. The van der Waals surface area contributed by atoms with Gasteiger partial charge in [0.15, 0.2) is 0 Å². The third-order valence-corrected chi connectivity index (χ3v) is 4.07. The summed E-state index contributed by atoms with van der Waals surface area (Å²) in [5, 5.41) is 6.45. The molecule has 1 aliphatic rings. The zero-order valence-corrected chi connectivity index (χ0v) is 13.2. The van der Waals surface area contributed by atoms with Crippen LogP contribution < -0.4 is 10.6 Å². The number of rotatable bonds is 5. The van der Waals surface area contributed by atoms with Crippen molar-refractivity contribution in [2.75, 3.05) is 32.7 Å². The minimum atomic E-state index is 0.0634. The lowest BCUT2D eigenvalue weighted by molar-refractivity contribution is -0.122. The summed E-state index contributed by atoms with van der Waals surface area (Å²) in [4.78, 5) is 14.4. The molecule has 1 atom stereocenters. The third kappa shape index (κ3) is 5.14. The van der Waals surface area contributed by atoms with Gasteiger partial charge in [0.1, 0.15) is 0 Å². The predicted octanol–water partition coefficient (Wildman–Crippen LogP) is 1.72. The van der Waals surface area contributed by atoms with E-state index in [2.05, 4.69) is 46.7 Å². The molecule has 1 saturated heterocycles. The Morgan fingerprint density at radius 3 is 2.76 bits per heavy atom. The number of benzene rings is 1. The average Bonchev–Trinajstić information content (AvgIpc) is 2.75. The molecule has 1 unspecified atom stereocenters. The largest absolute Gasteiger partial charge is 0.348 e.